The molecule has 3 heteroatoms. The van der Waals surface area contributed by atoms with Crippen LogP contribution >= 0.6 is 0 Å². The Hall–Kier alpha value is 1.18. The summed E-state index contributed by atoms with van der Waals surface area (Å²) in [5, 5.41) is 16.7. The number of aliphatic hydroxyl groups excluding tert-OH is 1. The van der Waals surface area contributed by atoms with Crippen LogP contribution in [0, 0.1) is 0 Å². The van der Waals surface area contributed by atoms with Crippen LogP contribution in [0.15, 0.2) is 0 Å². The van der Waals surface area contributed by atoms with E-state index in [0.29, 0.717) is 6.42 Å². The average Bonchev–Trinajstić information content (AvgIpc) is 1.66. The molecule has 2 N–H and O–H groups in total. The Balaban J connectivity index is 0. The van der Waals surface area contributed by atoms with Gasteiger partial charge in [-0.1, -0.05) is 19.8 Å². The van der Waals surface area contributed by atoms with Crippen molar-refractivity contribution < 1.29 is 10.2 Å². The van der Waals surface area contributed by atoms with Gasteiger partial charge in [-0.3, -0.25) is 0 Å². The third-order valence-electron chi connectivity index (χ3n) is 1.07. The summed E-state index contributed by atoms with van der Waals surface area (Å²) in [4.78, 5) is 0. The van der Waals surface area contributed by atoms with Crippen LogP contribution in [0.4, 0.5) is 0 Å². The van der Waals surface area contributed by atoms with Crippen molar-refractivity contribution in [2.75, 3.05) is 0 Å². The zero-order valence-electron chi connectivity index (χ0n) is 5.30. The van der Waals surface area contributed by atoms with E-state index >= 15 is 0 Å². The number of unbranched alkanes of at least 4 members (excludes halogenated alkanes) is 2. The van der Waals surface area contributed by atoms with Crippen molar-refractivity contribution in [3.63, 3.8) is 0 Å². The zero-order valence-corrected chi connectivity index (χ0v) is 5.30. The van der Waals surface area contributed by atoms with Crippen LogP contribution in [0.3, 0.4) is 0 Å². The molecule has 0 saturated carbocycles. The molecule has 0 radical (unpaired) electrons. The molecule has 0 aliphatic carbocycles. The van der Waals surface area contributed by atoms with E-state index in [9.17, 15) is 0 Å². The van der Waals surface area contributed by atoms with E-state index in [0.717, 1.165) is 19.3 Å². The first-order chi connectivity index (χ1) is 3.77. The van der Waals surface area contributed by atoms with Crippen LogP contribution in [0.25, 0.3) is 0 Å². The minimum atomic E-state index is -1.10. The van der Waals surface area contributed by atoms with Gasteiger partial charge in [0.25, 0.3) is 0 Å². The Kier molecular flexibility index (Phi) is 13.1. The quantitative estimate of drug-likeness (QED) is 0.344. The summed E-state index contributed by atoms with van der Waals surface area (Å²) in [6, 6.07) is 0. The predicted molar refractivity (Wildman–Crippen MR) is 40.9 cm³/mol. The van der Waals surface area contributed by atoms with Gasteiger partial charge in [0.05, 0.1) is 0 Å². The molecule has 0 aliphatic heterocycles. The van der Waals surface area contributed by atoms with E-state index in [1.807, 2.05) is 0 Å². The van der Waals surface area contributed by atoms with E-state index in [2.05, 4.69) is 6.92 Å². The SMILES string of the molecule is CCCCCC(O)O.[CaH2]. The van der Waals surface area contributed by atoms with E-state index in [1.54, 1.807) is 0 Å². The monoisotopic (exact) mass is 160 g/mol. The Morgan fingerprint density at radius 2 is 1.78 bits per heavy atom. The van der Waals surface area contributed by atoms with E-state index in [4.69, 9.17) is 10.2 Å². The van der Waals surface area contributed by atoms with Crippen molar-refractivity contribution in [3.8, 4) is 0 Å². The van der Waals surface area contributed by atoms with Gasteiger partial charge in [-0.2, -0.15) is 0 Å². The van der Waals surface area contributed by atoms with E-state index in [1.165, 1.54) is 0 Å². The molecule has 2 nitrogen and oxygen atoms in total. The number of aliphatic hydroxyl groups is 2. The second kappa shape index (κ2) is 9.18. The van der Waals surface area contributed by atoms with Gasteiger partial charge in [-0.15, -0.1) is 0 Å². The van der Waals surface area contributed by atoms with Crippen LogP contribution in [-0.2, 0) is 0 Å². The van der Waals surface area contributed by atoms with Crippen molar-refractivity contribution in [3.05, 3.63) is 0 Å². The summed E-state index contributed by atoms with van der Waals surface area (Å²) < 4.78 is 0. The van der Waals surface area contributed by atoms with Gasteiger partial charge >= 0.3 is 37.7 Å². The van der Waals surface area contributed by atoms with Crippen LogP contribution in [0.5, 0.6) is 0 Å². The molecule has 0 aromatic carbocycles. The first-order valence-corrected chi connectivity index (χ1v) is 3.13. The summed E-state index contributed by atoms with van der Waals surface area (Å²) in [7, 11) is 0. The topological polar surface area (TPSA) is 40.5 Å². The zero-order chi connectivity index (χ0) is 6.41. The third-order valence-corrected chi connectivity index (χ3v) is 1.07. The molecule has 0 unspecified atom stereocenters. The summed E-state index contributed by atoms with van der Waals surface area (Å²) in [5.74, 6) is 0. The molecule has 0 heterocycles. The fraction of sp³-hybridized carbons (Fsp3) is 1.00. The summed E-state index contributed by atoms with van der Waals surface area (Å²) >= 11 is 0. The number of hydrogen-bond acceptors (Lipinski definition) is 2. The molecule has 0 rings (SSSR count). The molecule has 0 spiro atoms. The molecular weight excluding hydrogens is 144 g/mol. The molecule has 0 aromatic heterocycles. The van der Waals surface area contributed by atoms with Gasteiger partial charge in [-0.05, 0) is 12.8 Å². The van der Waals surface area contributed by atoms with E-state index in [-0.39, 0.29) is 37.7 Å². The Morgan fingerprint density at radius 3 is 2.11 bits per heavy atom. The van der Waals surface area contributed by atoms with Crippen LogP contribution in [0.2, 0.25) is 0 Å². The number of rotatable bonds is 4. The standard InChI is InChI=1S/C6H14O2.Ca.2H/c1-2-3-4-5-6(7)8;;;/h6-8H,2-5H2,1H3;;;. The second-order valence-corrected chi connectivity index (χ2v) is 1.98. The van der Waals surface area contributed by atoms with E-state index < -0.39 is 6.29 Å². The van der Waals surface area contributed by atoms with Crippen LogP contribution in [-0.4, -0.2) is 54.2 Å². The molecule has 0 fully saturated rings. The minimum absolute atomic E-state index is 0. The summed E-state index contributed by atoms with van der Waals surface area (Å²) in [5.41, 5.74) is 0. The molecular formula is C6H16CaO2. The fourth-order valence-corrected chi connectivity index (χ4v) is 0.577. The number of hydrogen-bond donors (Lipinski definition) is 2. The maximum absolute atomic E-state index is 8.33. The first-order valence-electron chi connectivity index (χ1n) is 3.13. The van der Waals surface area contributed by atoms with Crippen molar-refractivity contribution in [1.82, 2.24) is 0 Å². The first kappa shape index (κ1) is 12.8. The van der Waals surface area contributed by atoms with Gasteiger partial charge < -0.3 is 10.2 Å². The van der Waals surface area contributed by atoms with Gasteiger partial charge in [0.2, 0.25) is 0 Å². The Morgan fingerprint density at radius 1 is 1.22 bits per heavy atom. The van der Waals surface area contributed by atoms with Crippen molar-refractivity contribution >= 4 is 37.7 Å². The maximum atomic E-state index is 8.33. The molecule has 9 heavy (non-hydrogen) atoms. The van der Waals surface area contributed by atoms with Crippen LogP contribution < -0.4 is 0 Å². The predicted octanol–water partition coefficient (Wildman–Crippen LogP) is -0.0388. The second-order valence-electron chi connectivity index (χ2n) is 1.98. The van der Waals surface area contributed by atoms with Gasteiger partial charge in [0.1, 0.15) is 0 Å². The van der Waals surface area contributed by atoms with Gasteiger partial charge in [0, 0.05) is 0 Å². The normalized spacial score (nSPS) is 9.33. The van der Waals surface area contributed by atoms with Gasteiger partial charge in [-0.25, -0.2) is 0 Å². The molecule has 0 bridgehead atoms. The molecule has 0 amide bonds. The molecule has 54 valence electrons. The summed E-state index contributed by atoms with van der Waals surface area (Å²) in [6.45, 7) is 2.09. The van der Waals surface area contributed by atoms with Crippen molar-refractivity contribution in [2.24, 2.45) is 0 Å². The fourth-order valence-electron chi connectivity index (χ4n) is 0.577. The molecule has 0 aliphatic rings. The van der Waals surface area contributed by atoms with Crippen LogP contribution in [0.1, 0.15) is 32.6 Å². The van der Waals surface area contributed by atoms with Crippen molar-refractivity contribution in [1.29, 1.82) is 0 Å². The average molecular weight is 160 g/mol. The Labute approximate surface area is 86.3 Å². The molecule has 0 aromatic rings. The molecule has 0 saturated heterocycles. The summed E-state index contributed by atoms with van der Waals surface area (Å²) in [6.07, 6.45) is 2.58. The Bertz CT molecular complexity index is 48.3. The van der Waals surface area contributed by atoms with Gasteiger partial charge in [0.15, 0.2) is 6.29 Å². The third kappa shape index (κ3) is 12.4. The van der Waals surface area contributed by atoms with Crippen molar-refractivity contribution in [2.45, 2.75) is 38.9 Å². The molecule has 0 atom stereocenters.